The number of nitrogens with zero attached hydrogens (tertiary/aromatic N) is 6. The minimum Gasteiger partial charge on any atom is -0.394 e. The van der Waals surface area contributed by atoms with Crippen LogP contribution in [0.3, 0.4) is 0 Å². The topological polar surface area (TPSA) is 120 Å². The number of halogens is 3. The van der Waals surface area contributed by atoms with E-state index in [4.69, 9.17) is 9.47 Å². The second-order valence-corrected chi connectivity index (χ2v) is 11.1. The molecule has 2 N–H and O–H groups in total. The summed E-state index contributed by atoms with van der Waals surface area (Å²) in [5.74, 6) is -4.00. The van der Waals surface area contributed by atoms with Gasteiger partial charge in [-0.3, -0.25) is 4.57 Å². The van der Waals surface area contributed by atoms with E-state index in [9.17, 15) is 23.4 Å². The van der Waals surface area contributed by atoms with Gasteiger partial charge in [0, 0.05) is 12.2 Å². The number of aliphatic hydroxyl groups is 2. The number of ether oxygens (including phenoxy) is 2. The lowest BCUT2D eigenvalue weighted by atomic mass is 9.91. The van der Waals surface area contributed by atoms with Gasteiger partial charge in [0.15, 0.2) is 23.3 Å². The van der Waals surface area contributed by atoms with Crippen LogP contribution < -0.4 is 0 Å². The highest BCUT2D eigenvalue weighted by Crippen LogP contribution is 2.40. The Morgan fingerprint density at radius 2 is 1.74 bits per heavy atom. The minimum absolute atomic E-state index is 0.0370. The molecular weight excluding hydrogens is 601 g/mol. The molecule has 2 aromatic heterocycles. The molecule has 0 unspecified atom stereocenters. The molecule has 46 heavy (non-hydrogen) atoms. The monoisotopic (exact) mass is 638 g/mol. The fourth-order valence-corrected chi connectivity index (χ4v) is 5.69. The minimum atomic E-state index is -1.60. The van der Waals surface area contributed by atoms with Crippen LogP contribution in [0, 0.1) is 17.5 Å². The number of rotatable bonds is 15. The third-order valence-corrected chi connectivity index (χ3v) is 8.07. The van der Waals surface area contributed by atoms with Crippen molar-refractivity contribution in [2.24, 2.45) is 0 Å². The molecule has 1 fully saturated rings. The Kier molecular flexibility index (Phi) is 11.1. The van der Waals surface area contributed by atoms with E-state index >= 15 is 0 Å². The second kappa shape index (κ2) is 15.4. The van der Waals surface area contributed by atoms with Gasteiger partial charge in [0.25, 0.3) is 0 Å². The van der Waals surface area contributed by atoms with Crippen LogP contribution in [0.15, 0.2) is 68.2 Å². The van der Waals surface area contributed by atoms with Gasteiger partial charge in [-0.1, -0.05) is 61.4 Å². The molecule has 5 rings (SSSR count). The van der Waals surface area contributed by atoms with E-state index < -0.39 is 54.5 Å². The maximum atomic E-state index is 14.0. The molecule has 13 heteroatoms. The summed E-state index contributed by atoms with van der Waals surface area (Å²) in [6.45, 7) is 7.43. The van der Waals surface area contributed by atoms with Crippen LogP contribution in [-0.4, -0.2) is 71.5 Å². The van der Waals surface area contributed by atoms with E-state index in [0.717, 1.165) is 61.9 Å². The van der Waals surface area contributed by atoms with Crippen molar-refractivity contribution in [3.8, 4) is 16.9 Å². The van der Waals surface area contributed by atoms with Gasteiger partial charge >= 0.3 is 0 Å². The number of allylic oxidation sites excluding steroid dienone is 1. The van der Waals surface area contributed by atoms with E-state index in [-0.39, 0.29) is 11.3 Å². The second-order valence-electron chi connectivity index (χ2n) is 11.1. The van der Waals surface area contributed by atoms with Crippen molar-refractivity contribution in [3.05, 3.63) is 97.0 Å². The molecule has 1 aliphatic rings. The normalized spacial score (nSPS) is 21.4. The number of hydrogen-bond donors (Lipinski definition) is 2. The SMILES string of the molecule is C=CCCCCCCCO[C@@H]1[C@@H](n2cc(-c3cc(F)c(F)c(F)c3)nn2)[C@@H](O)[C@@H](CO)O[C@H]1c1nncn1-c1ccccc1C=C. The predicted molar refractivity (Wildman–Crippen MR) is 164 cm³/mol. The molecule has 0 saturated carbocycles. The largest absolute Gasteiger partial charge is 0.394 e. The first kappa shape index (κ1) is 33.2. The molecule has 0 amide bonds. The average molecular weight is 639 g/mol. The molecule has 0 spiro atoms. The van der Waals surface area contributed by atoms with E-state index in [1.807, 2.05) is 30.3 Å². The van der Waals surface area contributed by atoms with Gasteiger partial charge < -0.3 is 19.7 Å². The van der Waals surface area contributed by atoms with Crippen molar-refractivity contribution in [2.75, 3.05) is 13.2 Å². The first-order valence-electron chi connectivity index (χ1n) is 15.2. The number of para-hydroxylation sites is 1. The standard InChI is InChI=1S/C33H37F3N6O4/c1-3-5-6-7-8-9-12-15-45-31-29(42-18-25(38-40-42)22-16-23(34)28(36)24(35)17-22)30(44)27(19-43)46-32(31)33-39-37-20-41(33)26-14-11-10-13-21(26)4-2/h3-4,10-11,13-14,16-18,20,27,29-32,43-44H,1-2,5-9,12,15,19H2/t27-,29+,30+,31-,32-/m1/s1. The summed E-state index contributed by atoms with van der Waals surface area (Å²) >= 11 is 0. The highest BCUT2D eigenvalue weighted by molar-refractivity contribution is 5.59. The van der Waals surface area contributed by atoms with Crippen molar-refractivity contribution >= 4 is 6.08 Å². The van der Waals surface area contributed by atoms with E-state index in [1.165, 1.54) is 17.2 Å². The van der Waals surface area contributed by atoms with Gasteiger partial charge in [0.2, 0.25) is 0 Å². The molecule has 3 heterocycles. The lowest BCUT2D eigenvalue weighted by Crippen LogP contribution is -2.54. The first-order valence-corrected chi connectivity index (χ1v) is 15.2. The fraction of sp³-hybridized carbons (Fsp3) is 0.394. The summed E-state index contributed by atoms with van der Waals surface area (Å²) in [6.07, 6.45) is 7.98. The first-order chi connectivity index (χ1) is 22.4. The maximum Gasteiger partial charge on any atom is 0.194 e. The van der Waals surface area contributed by atoms with Crippen LogP contribution in [0.5, 0.6) is 0 Å². The Hall–Kier alpha value is -4.17. The highest BCUT2D eigenvalue weighted by Gasteiger charge is 2.49. The van der Waals surface area contributed by atoms with Gasteiger partial charge in [0.1, 0.15) is 42.5 Å². The predicted octanol–water partition coefficient (Wildman–Crippen LogP) is 5.53. The Morgan fingerprint density at radius 1 is 1.00 bits per heavy atom. The van der Waals surface area contributed by atoms with Gasteiger partial charge in [-0.2, -0.15) is 0 Å². The molecule has 4 aromatic rings. The van der Waals surface area contributed by atoms with Crippen LogP contribution >= 0.6 is 0 Å². The quantitative estimate of drug-likeness (QED) is 0.0991. The van der Waals surface area contributed by atoms with Crippen molar-refractivity contribution in [1.82, 2.24) is 29.8 Å². The Morgan fingerprint density at radius 3 is 2.48 bits per heavy atom. The van der Waals surface area contributed by atoms with Gasteiger partial charge in [-0.15, -0.1) is 21.9 Å². The van der Waals surface area contributed by atoms with Gasteiger partial charge in [-0.05, 0) is 43.0 Å². The van der Waals surface area contributed by atoms with Crippen LogP contribution in [0.1, 0.15) is 62.1 Å². The molecule has 2 aromatic carbocycles. The smallest absolute Gasteiger partial charge is 0.194 e. The number of hydrogen-bond acceptors (Lipinski definition) is 8. The molecule has 244 valence electrons. The zero-order valence-electron chi connectivity index (χ0n) is 25.3. The Balaban J connectivity index is 1.50. The van der Waals surface area contributed by atoms with Crippen molar-refractivity contribution < 1.29 is 32.9 Å². The number of aromatic nitrogens is 6. The summed E-state index contributed by atoms with van der Waals surface area (Å²) in [7, 11) is 0. The van der Waals surface area contributed by atoms with Crippen molar-refractivity contribution in [2.45, 2.75) is 69.0 Å². The lowest BCUT2D eigenvalue weighted by Gasteiger charge is -2.43. The summed E-state index contributed by atoms with van der Waals surface area (Å²) in [5.41, 5.74) is 1.53. The zero-order chi connectivity index (χ0) is 32.6. The summed E-state index contributed by atoms with van der Waals surface area (Å²) in [5, 5.41) is 38.4. The molecule has 10 nitrogen and oxygen atoms in total. The van der Waals surface area contributed by atoms with E-state index in [1.54, 1.807) is 10.6 Å². The van der Waals surface area contributed by atoms with E-state index in [2.05, 4.69) is 33.7 Å². The Labute approximate surface area is 264 Å². The van der Waals surface area contributed by atoms with Crippen LogP contribution in [0.25, 0.3) is 23.0 Å². The summed E-state index contributed by atoms with van der Waals surface area (Å²) in [6, 6.07) is 8.13. The molecule has 5 atom stereocenters. The van der Waals surface area contributed by atoms with E-state index in [0.29, 0.717) is 12.4 Å². The number of benzene rings is 2. The zero-order valence-corrected chi connectivity index (χ0v) is 25.3. The summed E-state index contributed by atoms with van der Waals surface area (Å²) in [4.78, 5) is 0. The van der Waals surface area contributed by atoms with Crippen LogP contribution in [0.2, 0.25) is 0 Å². The molecular formula is C33H37F3N6O4. The third-order valence-electron chi connectivity index (χ3n) is 8.07. The van der Waals surface area contributed by atoms with Crippen LogP contribution in [0.4, 0.5) is 13.2 Å². The average Bonchev–Trinajstić information content (AvgIpc) is 3.75. The molecule has 0 radical (unpaired) electrons. The lowest BCUT2D eigenvalue weighted by molar-refractivity contribution is -0.224. The molecule has 1 saturated heterocycles. The van der Waals surface area contributed by atoms with Gasteiger partial charge in [-0.25, -0.2) is 17.9 Å². The van der Waals surface area contributed by atoms with Crippen molar-refractivity contribution in [1.29, 1.82) is 0 Å². The molecule has 0 bridgehead atoms. The number of aliphatic hydroxyl groups excluding tert-OH is 2. The summed E-state index contributed by atoms with van der Waals surface area (Å²) < 4.78 is 57.5. The third kappa shape index (κ3) is 7.12. The number of unbranched alkanes of at least 4 members (excludes halogenated alkanes) is 5. The Bertz CT molecular complexity index is 1610. The van der Waals surface area contributed by atoms with Gasteiger partial charge in [0.05, 0.1) is 18.5 Å². The van der Waals surface area contributed by atoms with Crippen LogP contribution in [-0.2, 0) is 9.47 Å². The highest BCUT2D eigenvalue weighted by atomic mass is 19.2. The molecule has 1 aliphatic heterocycles. The van der Waals surface area contributed by atoms with Crippen molar-refractivity contribution in [3.63, 3.8) is 0 Å². The fourth-order valence-electron chi connectivity index (χ4n) is 5.69. The molecule has 0 aliphatic carbocycles. The maximum absolute atomic E-state index is 14.0.